The second-order valence-corrected chi connectivity index (χ2v) is 5.14. The number of alkyl halides is 1. The summed E-state index contributed by atoms with van der Waals surface area (Å²) in [6, 6.07) is 14.9. The smallest absolute Gasteiger partial charge is 0.413 e. The Kier molecular flexibility index (Phi) is 4.98. The molecule has 127 valence electrons. The first-order chi connectivity index (χ1) is 12.2. The normalized spacial score (nSPS) is 11.8. The fourth-order valence-electron chi connectivity index (χ4n) is 2.24. The van der Waals surface area contributed by atoms with Gasteiger partial charge in [-0.3, -0.25) is 10.3 Å². The number of halogens is 1. The summed E-state index contributed by atoms with van der Waals surface area (Å²) in [5, 5.41) is 10.4. The molecule has 2 aromatic heterocycles. The molecule has 25 heavy (non-hydrogen) atoms. The topological polar surface area (TPSA) is 81.9 Å². The molecule has 1 amide bonds. The van der Waals surface area contributed by atoms with Gasteiger partial charge in [0.15, 0.2) is 17.6 Å². The molecule has 0 saturated carbocycles. The van der Waals surface area contributed by atoms with Gasteiger partial charge >= 0.3 is 6.09 Å². The molecule has 0 bridgehead atoms. The number of hydrogen-bond donors (Lipinski definition) is 1. The molecular weight excluding hydrogens is 325 g/mol. The molecule has 0 unspecified atom stereocenters. The van der Waals surface area contributed by atoms with E-state index in [1.165, 1.54) is 10.9 Å². The van der Waals surface area contributed by atoms with Crippen molar-refractivity contribution in [3.63, 3.8) is 0 Å². The highest BCUT2D eigenvalue weighted by Crippen LogP contribution is 2.24. The van der Waals surface area contributed by atoms with Crippen molar-refractivity contribution in [3.8, 4) is 11.4 Å². The van der Waals surface area contributed by atoms with Crippen molar-refractivity contribution < 1.29 is 13.9 Å². The summed E-state index contributed by atoms with van der Waals surface area (Å²) in [5.41, 5.74) is 1.47. The maximum absolute atomic E-state index is 13.3. The molecule has 0 aliphatic rings. The maximum Gasteiger partial charge on any atom is 0.413 e. The highest BCUT2D eigenvalue weighted by molar-refractivity contribution is 5.88. The van der Waals surface area contributed by atoms with Crippen molar-refractivity contribution in [2.24, 2.45) is 7.05 Å². The van der Waals surface area contributed by atoms with E-state index in [0.717, 1.165) is 0 Å². The van der Waals surface area contributed by atoms with Gasteiger partial charge in [0.1, 0.15) is 6.67 Å². The second kappa shape index (κ2) is 7.52. The molecule has 3 rings (SSSR count). The van der Waals surface area contributed by atoms with Crippen molar-refractivity contribution >= 4 is 11.9 Å². The Balaban J connectivity index is 1.76. The van der Waals surface area contributed by atoms with Crippen LogP contribution in [0.3, 0.4) is 0 Å². The van der Waals surface area contributed by atoms with E-state index in [1.807, 2.05) is 0 Å². The van der Waals surface area contributed by atoms with E-state index in [0.29, 0.717) is 22.8 Å². The molecule has 0 aliphatic heterocycles. The molecule has 0 fully saturated rings. The Bertz CT molecular complexity index is 839. The third-order valence-corrected chi connectivity index (χ3v) is 3.47. The minimum atomic E-state index is -0.990. The van der Waals surface area contributed by atoms with Gasteiger partial charge in [0.05, 0.1) is 5.69 Å². The summed E-state index contributed by atoms with van der Waals surface area (Å²) in [7, 11) is 1.62. The number of aryl methyl sites for hydroxylation is 1. The number of rotatable bonds is 5. The Morgan fingerprint density at radius 1 is 1.36 bits per heavy atom. The molecule has 0 aliphatic carbocycles. The van der Waals surface area contributed by atoms with Gasteiger partial charge in [0.2, 0.25) is 0 Å². The Morgan fingerprint density at radius 2 is 2.16 bits per heavy atom. The number of nitrogens with one attached hydrogen (secondary N) is 1. The Morgan fingerprint density at radius 3 is 2.84 bits per heavy atom. The van der Waals surface area contributed by atoms with E-state index in [-0.39, 0.29) is 0 Å². The number of amides is 1. The molecule has 0 saturated heterocycles. The first kappa shape index (κ1) is 16.6. The van der Waals surface area contributed by atoms with Crippen LogP contribution in [0.1, 0.15) is 11.7 Å². The molecule has 8 heteroatoms. The van der Waals surface area contributed by atoms with Crippen LogP contribution in [-0.2, 0) is 11.8 Å². The van der Waals surface area contributed by atoms with Crippen LogP contribution in [-0.4, -0.2) is 32.7 Å². The zero-order valence-corrected chi connectivity index (χ0v) is 13.4. The van der Waals surface area contributed by atoms with Gasteiger partial charge in [-0.05, 0) is 11.6 Å². The minimum absolute atomic E-state index is 0.300. The summed E-state index contributed by atoms with van der Waals surface area (Å²) >= 11 is 0. The predicted octanol–water partition coefficient (Wildman–Crippen LogP) is 2.94. The Hall–Kier alpha value is -3.29. The standard InChI is InChI=1S/C17H15FN5O2/c1-23-16(15(21-22-23)13-9-5-6-10-19-13)20-17(24)25-14(11-18)12-7-3-2-4-8-12/h2-5,7-10,14H,11H2,1H3,(H,20,24)/t14-/m1/s1. The van der Waals surface area contributed by atoms with E-state index >= 15 is 0 Å². The molecule has 0 spiro atoms. The Labute approximate surface area is 143 Å². The van der Waals surface area contributed by atoms with Gasteiger partial charge < -0.3 is 4.74 Å². The number of ether oxygens (including phenoxy) is 1. The molecule has 1 radical (unpaired) electrons. The molecule has 3 aromatic rings. The number of carbonyl (C=O) groups is 1. The van der Waals surface area contributed by atoms with Crippen molar-refractivity contribution in [2.75, 3.05) is 12.0 Å². The number of carbonyl (C=O) groups excluding carboxylic acids is 1. The van der Waals surface area contributed by atoms with Crippen molar-refractivity contribution in [2.45, 2.75) is 6.10 Å². The highest BCUT2D eigenvalue weighted by Gasteiger charge is 2.20. The van der Waals surface area contributed by atoms with Gasteiger partial charge in [-0.25, -0.2) is 13.9 Å². The zero-order chi connectivity index (χ0) is 17.6. The maximum atomic E-state index is 13.3. The SMILES string of the molecule is Cn1nnc(-c2cc[c]cn2)c1NC(=O)O[C@H](CF)c1ccccc1. The quantitative estimate of drug-likeness (QED) is 0.772. The summed E-state index contributed by atoms with van der Waals surface area (Å²) in [5.74, 6) is 0.300. The highest BCUT2D eigenvalue weighted by atomic mass is 19.1. The number of nitrogens with zero attached hydrogens (tertiary/aromatic N) is 4. The third-order valence-electron chi connectivity index (χ3n) is 3.47. The van der Waals surface area contributed by atoms with Crippen LogP contribution in [0.25, 0.3) is 11.4 Å². The van der Waals surface area contributed by atoms with Crippen molar-refractivity contribution in [1.82, 2.24) is 20.0 Å². The van der Waals surface area contributed by atoms with Gasteiger partial charge in [0, 0.05) is 19.3 Å². The van der Waals surface area contributed by atoms with Gasteiger partial charge in [-0.1, -0.05) is 41.6 Å². The fourth-order valence-corrected chi connectivity index (χ4v) is 2.24. The van der Waals surface area contributed by atoms with Crippen LogP contribution >= 0.6 is 0 Å². The first-order valence-electron chi connectivity index (χ1n) is 7.49. The number of anilines is 1. The molecule has 1 aromatic carbocycles. The minimum Gasteiger partial charge on any atom is -0.438 e. The first-order valence-corrected chi connectivity index (χ1v) is 7.49. The number of aromatic nitrogens is 4. The summed E-state index contributed by atoms with van der Waals surface area (Å²) in [4.78, 5) is 16.3. The average molecular weight is 340 g/mol. The summed E-state index contributed by atoms with van der Waals surface area (Å²) in [6.07, 6.45) is -0.309. The van der Waals surface area contributed by atoms with Gasteiger partial charge in [0.25, 0.3) is 0 Å². The predicted molar refractivity (Wildman–Crippen MR) is 88.3 cm³/mol. The summed E-state index contributed by atoms with van der Waals surface area (Å²) < 4.78 is 19.8. The average Bonchev–Trinajstić information content (AvgIpc) is 3.01. The lowest BCUT2D eigenvalue weighted by atomic mass is 10.1. The van der Waals surface area contributed by atoms with Crippen molar-refractivity contribution in [1.29, 1.82) is 0 Å². The van der Waals surface area contributed by atoms with Gasteiger partial charge in [-0.15, -0.1) is 5.10 Å². The van der Waals surface area contributed by atoms with E-state index in [4.69, 9.17) is 4.74 Å². The fraction of sp³-hybridized carbons (Fsp3) is 0.176. The van der Waals surface area contributed by atoms with Gasteiger partial charge in [-0.2, -0.15) is 0 Å². The lowest BCUT2D eigenvalue weighted by Crippen LogP contribution is -2.20. The largest absolute Gasteiger partial charge is 0.438 e. The van der Waals surface area contributed by atoms with Crippen LogP contribution in [0, 0.1) is 6.07 Å². The van der Waals surface area contributed by atoms with E-state index < -0.39 is 18.9 Å². The zero-order valence-electron chi connectivity index (χ0n) is 13.4. The lowest BCUT2D eigenvalue weighted by molar-refractivity contribution is 0.0928. The molecule has 2 heterocycles. The number of pyridine rings is 1. The molecule has 1 N–H and O–H groups in total. The number of hydrogen-bond acceptors (Lipinski definition) is 5. The van der Waals surface area contributed by atoms with Crippen LogP contribution in [0.4, 0.5) is 15.0 Å². The lowest BCUT2D eigenvalue weighted by Gasteiger charge is -2.15. The van der Waals surface area contributed by atoms with Crippen LogP contribution < -0.4 is 5.32 Å². The number of benzene rings is 1. The molecular formula is C17H15FN5O2. The monoisotopic (exact) mass is 340 g/mol. The second-order valence-electron chi connectivity index (χ2n) is 5.14. The third kappa shape index (κ3) is 3.79. The van der Waals surface area contributed by atoms with Crippen LogP contribution in [0.5, 0.6) is 0 Å². The molecule has 1 atom stereocenters. The van der Waals surface area contributed by atoms with Crippen LogP contribution in [0.15, 0.2) is 48.7 Å². The molecule has 7 nitrogen and oxygen atoms in total. The van der Waals surface area contributed by atoms with Crippen molar-refractivity contribution in [3.05, 3.63) is 60.3 Å². The summed E-state index contributed by atoms with van der Waals surface area (Å²) in [6.45, 7) is -0.829. The van der Waals surface area contributed by atoms with E-state index in [9.17, 15) is 9.18 Å². The van der Waals surface area contributed by atoms with E-state index in [1.54, 1.807) is 49.5 Å². The van der Waals surface area contributed by atoms with Crippen LogP contribution in [0.2, 0.25) is 0 Å². The van der Waals surface area contributed by atoms with E-state index in [2.05, 4.69) is 26.7 Å².